The molecule has 0 bridgehead atoms. The molecule has 0 aliphatic rings. The van der Waals surface area contributed by atoms with Gasteiger partial charge in [0, 0.05) is 5.02 Å². The fourth-order valence-electron chi connectivity index (χ4n) is 1.50. The highest BCUT2D eigenvalue weighted by Crippen LogP contribution is 2.19. The summed E-state index contributed by atoms with van der Waals surface area (Å²) in [5, 5.41) is 18.0. The van der Waals surface area contributed by atoms with E-state index in [1.54, 1.807) is 20.0 Å². The first-order chi connectivity index (χ1) is 8.36. The molecule has 0 radical (unpaired) electrons. The molecule has 0 aliphatic heterocycles. The first-order valence-electron chi connectivity index (χ1n) is 5.43. The average Bonchev–Trinajstić information content (AvgIpc) is 2.71. The molecule has 0 unspecified atom stereocenters. The summed E-state index contributed by atoms with van der Waals surface area (Å²) in [4.78, 5) is 0. The zero-order valence-electron chi connectivity index (χ0n) is 10.1. The molecular formula is C12H13ClFN3O. The lowest BCUT2D eigenvalue weighted by atomic mass is 10.1. The summed E-state index contributed by atoms with van der Waals surface area (Å²) in [7, 11) is 0. The minimum atomic E-state index is -1.05. The topological polar surface area (TPSA) is 50.9 Å². The van der Waals surface area contributed by atoms with Gasteiger partial charge in [-0.05, 0) is 37.6 Å². The van der Waals surface area contributed by atoms with Crippen LogP contribution in [0.25, 0.3) is 0 Å². The lowest BCUT2D eigenvalue weighted by molar-refractivity contribution is 0.0737. The molecule has 2 aromatic rings. The van der Waals surface area contributed by atoms with Crippen molar-refractivity contribution in [2.75, 3.05) is 0 Å². The van der Waals surface area contributed by atoms with Crippen LogP contribution < -0.4 is 0 Å². The molecule has 2 rings (SSSR count). The molecule has 1 heterocycles. The zero-order chi connectivity index (χ0) is 13.3. The van der Waals surface area contributed by atoms with Crippen LogP contribution in [-0.2, 0) is 12.1 Å². The first-order valence-corrected chi connectivity index (χ1v) is 5.81. The van der Waals surface area contributed by atoms with Crippen molar-refractivity contribution in [2.24, 2.45) is 0 Å². The third-order valence-corrected chi connectivity index (χ3v) is 2.87. The second-order valence-electron chi connectivity index (χ2n) is 4.60. The molecule has 0 saturated carbocycles. The van der Waals surface area contributed by atoms with Gasteiger partial charge in [0.25, 0.3) is 0 Å². The summed E-state index contributed by atoms with van der Waals surface area (Å²) >= 11 is 5.97. The standard InChI is InChI=1S/C12H13ClFN3O/c1-12(2,18)11-7-17(16-15-11)6-8-5-9(14)3-4-10(8)13/h3-5,7,18H,6H2,1-2H3. The SMILES string of the molecule is CC(C)(O)c1cn(Cc2cc(F)ccc2Cl)nn1. The number of hydrogen-bond acceptors (Lipinski definition) is 3. The van der Waals surface area contributed by atoms with Crippen LogP contribution in [0.3, 0.4) is 0 Å². The molecule has 96 valence electrons. The minimum Gasteiger partial charge on any atom is -0.384 e. The van der Waals surface area contributed by atoms with Crippen molar-refractivity contribution in [2.45, 2.75) is 26.0 Å². The highest BCUT2D eigenvalue weighted by molar-refractivity contribution is 6.31. The van der Waals surface area contributed by atoms with Crippen molar-refractivity contribution >= 4 is 11.6 Å². The van der Waals surface area contributed by atoms with Gasteiger partial charge in [0.1, 0.15) is 17.1 Å². The van der Waals surface area contributed by atoms with E-state index in [0.717, 1.165) is 0 Å². The Kier molecular flexibility index (Phi) is 3.36. The van der Waals surface area contributed by atoms with E-state index < -0.39 is 5.60 Å². The average molecular weight is 270 g/mol. The van der Waals surface area contributed by atoms with Gasteiger partial charge in [0.05, 0.1) is 12.7 Å². The summed E-state index contributed by atoms with van der Waals surface area (Å²) in [6.07, 6.45) is 1.61. The van der Waals surface area contributed by atoms with Crippen LogP contribution in [0.2, 0.25) is 5.02 Å². The van der Waals surface area contributed by atoms with E-state index in [-0.39, 0.29) is 5.82 Å². The minimum absolute atomic E-state index is 0.305. The maximum Gasteiger partial charge on any atom is 0.123 e. The maximum atomic E-state index is 13.1. The van der Waals surface area contributed by atoms with E-state index in [9.17, 15) is 9.50 Å². The highest BCUT2D eigenvalue weighted by atomic mass is 35.5. The molecule has 6 heteroatoms. The summed E-state index contributed by atoms with van der Waals surface area (Å²) in [5.41, 5.74) is 0.0168. The summed E-state index contributed by atoms with van der Waals surface area (Å²) in [6, 6.07) is 4.16. The molecule has 0 amide bonds. The molecule has 1 aromatic heterocycles. The van der Waals surface area contributed by atoms with Gasteiger partial charge in [0.15, 0.2) is 0 Å². The second-order valence-corrected chi connectivity index (χ2v) is 5.00. The summed E-state index contributed by atoms with van der Waals surface area (Å²) in [6.45, 7) is 3.55. The van der Waals surface area contributed by atoms with E-state index >= 15 is 0 Å². The Morgan fingerprint density at radius 2 is 2.17 bits per heavy atom. The van der Waals surface area contributed by atoms with Crippen LogP contribution in [0.5, 0.6) is 0 Å². The summed E-state index contributed by atoms with van der Waals surface area (Å²) in [5.74, 6) is -0.350. The number of hydrogen-bond donors (Lipinski definition) is 1. The molecule has 0 saturated heterocycles. The van der Waals surface area contributed by atoms with Crippen LogP contribution in [-0.4, -0.2) is 20.1 Å². The van der Waals surface area contributed by atoms with Crippen LogP contribution in [0.15, 0.2) is 24.4 Å². The monoisotopic (exact) mass is 269 g/mol. The van der Waals surface area contributed by atoms with Gasteiger partial charge in [-0.25, -0.2) is 9.07 Å². The van der Waals surface area contributed by atoms with Gasteiger partial charge in [-0.15, -0.1) is 5.10 Å². The zero-order valence-corrected chi connectivity index (χ0v) is 10.8. The lowest BCUT2D eigenvalue weighted by Crippen LogP contribution is -2.15. The van der Waals surface area contributed by atoms with E-state index in [1.807, 2.05) is 0 Å². The Hall–Kier alpha value is -1.46. The fraction of sp³-hybridized carbons (Fsp3) is 0.333. The van der Waals surface area contributed by atoms with Gasteiger partial charge in [0.2, 0.25) is 0 Å². The van der Waals surface area contributed by atoms with Crippen LogP contribution in [0.1, 0.15) is 25.1 Å². The van der Waals surface area contributed by atoms with Gasteiger partial charge in [-0.1, -0.05) is 16.8 Å². The lowest BCUT2D eigenvalue weighted by Gasteiger charge is -2.11. The van der Waals surface area contributed by atoms with Crippen molar-refractivity contribution in [3.63, 3.8) is 0 Å². The normalized spacial score (nSPS) is 11.8. The molecule has 0 aliphatic carbocycles. The molecule has 0 atom stereocenters. The van der Waals surface area contributed by atoms with E-state index in [1.165, 1.54) is 22.9 Å². The smallest absolute Gasteiger partial charge is 0.123 e. The number of benzene rings is 1. The number of halogens is 2. The van der Waals surface area contributed by atoms with Gasteiger partial charge < -0.3 is 5.11 Å². The molecule has 4 nitrogen and oxygen atoms in total. The van der Waals surface area contributed by atoms with Gasteiger partial charge >= 0.3 is 0 Å². The van der Waals surface area contributed by atoms with E-state index in [2.05, 4.69) is 10.3 Å². The quantitative estimate of drug-likeness (QED) is 0.931. The number of rotatable bonds is 3. The molecule has 0 fully saturated rings. The Morgan fingerprint density at radius 3 is 2.78 bits per heavy atom. The van der Waals surface area contributed by atoms with Gasteiger partial charge in [-0.2, -0.15) is 0 Å². The summed E-state index contributed by atoms with van der Waals surface area (Å²) < 4.78 is 14.6. The molecule has 0 spiro atoms. The Bertz CT molecular complexity index is 563. The van der Waals surface area contributed by atoms with Crippen LogP contribution >= 0.6 is 11.6 Å². The van der Waals surface area contributed by atoms with Crippen LogP contribution in [0.4, 0.5) is 4.39 Å². The fourth-order valence-corrected chi connectivity index (χ4v) is 1.67. The third-order valence-electron chi connectivity index (χ3n) is 2.51. The highest BCUT2D eigenvalue weighted by Gasteiger charge is 2.20. The van der Waals surface area contributed by atoms with E-state index in [0.29, 0.717) is 22.8 Å². The number of aliphatic hydroxyl groups is 1. The van der Waals surface area contributed by atoms with Crippen molar-refractivity contribution in [1.29, 1.82) is 0 Å². The van der Waals surface area contributed by atoms with E-state index in [4.69, 9.17) is 11.6 Å². The predicted octanol–water partition coefficient (Wildman–Crippen LogP) is 2.35. The molecule has 18 heavy (non-hydrogen) atoms. The number of nitrogens with zero attached hydrogens (tertiary/aromatic N) is 3. The van der Waals surface area contributed by atoms with Crippen molar-refractivity contribution in [3.8, 4) is 0 Å². The molecule has 1 aromatic carbocycles. The second kappa shape index (κ2) is 4.66. The maximum absolute atomic E-state index is 13.1. The van der Waals surface area contributed by atoms with Crippen molar-refractivity contribution in [3.05, 3.63) is 46.5 Å². The largest absolute Gasteiger partial charge is 0.384 e. The molecule has 1 N–H and O–H groups in total. The van der Waals surface area contributed by atoms with Crippen molar-refractivity contribution in [1.82, 2.24) is 15.0 Å². The van der Waals surface area contributed by atoms with Crippen LogP contribution in [0, 0.1) is 5.82 Å². The third kappa shape index (κ3) is 2.86. The Balaban J connectivity index is 2.24. The first kappa shape index (κ1) is 13.0. The predicted molar refractivity (Wildman–Crippen MR) is 65.8 cm³/mol. The Labute approximate surface area is 109 Å². The Morgan fingerprint density at radius 1 is 1.44 bits per heavy atom. The number of aromatic nitrogens is 3. The molecular weight excluding hydrogens is 257 g/mol. The van der Waals surface area contributed by atoms with Gasteiger partial charge in [-0.3, -0.25) is 0 Å². The van der Waals surface area contributed by atoms with Crippen molar-refractivity contribution < 1.29 is 9.50 Å².